The van der Waals surface area contributed by atoms with Crippen LogP contribution >= 0.6 is 0 Å². The molecule has 1 aromatic carbocycles. The van der Waals surface area contributed by atoms with Crippen molar-refractivity contribution in [2.45, 2.75) is 33.3 Å². The van der Waals surface area contributed by atoms with E-state index in [1.807, 2.05) is 38.1 Å². The Morgan fingerprint density at radius 3 is 2.55 bits per heavy atom. The van der Waals surface area contributed by atoms with Crippen molar-refractivity contribution in [3.05, 3.63) is 41.2 Å². The van der Waals surface area contributed by atoms with E-state index in [9.17, 15) is 9.90 Å². The fourth-order valence-electron chi connectivity index (χ4n) is 2.12. The minimum atomic E-state index is -0.431. The summed E-state index contributed by atoms with van der Waals surface area (Å²) >= 11 is 0. The molecule has 1 unspecified atom stereocenters. The zero-order valence-corrected chi connectivity index (χ0v) is 13.4. The first-order valence-corrected chi connectivity index (χ1v) is 7.33. The van der Waals surface area contributed by atoms with Crippen molar-refractivity contribution in [3.8, 4) is 5.69 Å². The SMILES string of the molecule is Cc1ccc(-n2nnc(C(=O)N(C)CCC(C)O)c2C)cc1. The number of hydrogen-bond donors (Lipinski definition) is 1. The van der Waals surface area contributed by atoms with Crippen LogP contribution in [0.15, 0.2) is 24.3 Å². The van der Waals surface area contributed by atoms with Crippen LogP contribution in [0.3, 0.4) is 0 Å². The Bertz CT molecular complexity index is 647. The molecule has 0 bridgehead atoms. The molecule has 1 amide bonds. The number of aliphatic hydroxyl groups excluding tert-OH is 1. The first-order valence-electron chi connectivity index (χ1n) is 7.33. The zero-order chi connectivity index (χ0) is 16.3. The Morgan fingerprint density at radius 2 is 1.95 bits per heavy atom. The number of benzene rings is 1. The lowest BCUT2D eigenvalue weighted by Gasteiger charge is -2.17. The highest BCUT2D eigenvalue weighted by atomic mass is 16.3. The molecule has 2 rings (SSSR count). The standard InChI is InChI=1S/C16H22N4O2/c1-11-5-7-14(8-6-11)20-13(3)15(17-18-20)16(22)19(4)10-9-12(2)21/h5-8,12,21H,9-10H2,1-4H3. The number of nitrogens with zero attached hydrogens (tertiary/aromatic N) is 4. The second-order valence-electron chi connectivity index (χ2n) is 5.64. The maximum absolute atomic E-state index is 12.4. The lowest BCUT2D eigenvalue weighted by atomic mass is 10.2. The first kappa shape index (κ1) is 16.2. The highest BCUT2D eigenvalue weighted by Gasteiger charge is 2.20. The highest BCUT2D eigenvalue weighted by Crippen LogP contribution is 2.14. The zero-order valence-electron chi connectivity index (χ0n) is 13.4. The minimum Gasteiger partial charge on any atom is -0.393 e. The van der Waals surface area contributed by atoms with Gasteiger partial charge in [-0.25, -0.2) is 4.68 Å². The molecule has 0 saturated carbocycles. The van der Waals surface area contributed by atoms with E-state index < -0.39 is 6.10 Å². The number of rotatable bonds is 5. The maximum Gasteiger partial charge on any atom is 0.276 e. The van der Waals surface area contributed by atoms with Crippen molar-refractivity contribution in [1.82, 2.24) is 19.9 Å². The first-order chi connectivity index (χ1) is 10.4. The molecule has 1 N–H and O–H groups in total. The van der Waals surface area contributed by atoms with Crippen molar-refractivity contribution in [2.75, 3.05) is 13.6 Å². The molecule has 2 aromatic rings. The van der Waals surface area contributed by atoms with E-state index in [0.717, 1.165) is 11.3 Å². The van der Waals surface area contributed by atoms with Crippen LogP contribution in [-0.4, -0.2) is 50.6 Å². The third-order valence-electron chi connectivity index (χ3n) is 3.60. The highest BCUT2D eigenvalue weighted by molar-refractivity contribution is 5.93. The van der Waals surface area contributed by atoms with Gasteiger partial charge in [0.25, 0.3) is 5.91 Å². The summed E-state index contributed by atoms with van der Waals surface area (Å²) in [5.74, 6) is -0.184. The molecule has 0 spiro atoms. The summed E-state index contributed by atoms with van der Waals surface area (Å²) in [6, 6.07) is 7.88. The topological polar surface area (TPSA) is 71.2 Å². The third-order valence-corrected chi connectivity index (χ3v) is 3.60. The molecule has 0 fully saturated rings. The van der Waals surface area contributed by atoms with E-state index in [1.165, 1.54) is 0 Å². The molecular formula is C16H22N4O2. The second-order valence-corrected chi connectivity index (χ2v) is 5.64. The molecule has 0 radical (unpaired) electrons. The molecular weight excluding hydrogens is 280 g/mol. The maximum atomic E-state index is 12.4. The second kappa shape index (κ2) is 6.70. The van der Waals surface area contributed by atoms with Crippen LogP contribution in [0.25, 0.3) is 5.69 Å². The number of carbonyl (C=O) groups excluding carboxylic acids is 1. The summed E-state index contributed by atoms with van der Waals surface area (Å²) in [7, 11) is 1.70. The fraction of sp³-hybridized carbons (Fsp3) is 0.438. The summed E-state index contributed by atoms with van der Waals surface area (Å²) < 4.78 is 1.66. The van der Waals surface area contributed by atoms with Crippen molar-refractivity contribution in [1.29, 1.82) is 0 Å². The smallest absolute Gasteiger partial charge is 0.276 e. The van der Waals surface area contributed by atoms with Gasteiger partial charge < -0.3 is 10.0 Å². The molecule has 0 aliphatic carbocycles. The average molecular weight is 302 g/mol. The van der Waals surface area contributed by atoms with Gasteiger partial charge in [0.2, 0.25) is 0 Å². The minimum absolute atomic E-state index is 0.184. The molecule has 6 nitrogen and oxygen atoms in total. The number of aromatic nitrogens is 3. The van der Waals surface area contributed by atoms with Crippen molar-refractivity contribution in [2.24, 2.45) is 0 Å². The van der Waals surface area contributed by atoms with Crippen molar-refractivity contribution >= 4 is 5.91 Å². The van der Waals surface area contributed by atoms with Crippen LogP contribution in [0.2, 0.25) is 0 Å². The molecule has 0 aliphatic rings. The summed E-state index contributed by atoms with van der Waals surface area (Å²) in [5.41, 5.74) is 3.09. The molecule has 22 heavy (non-hydrogen) atoms. The van der Waals surface area contributed by atoms with Gasteiger partial charge in [0, 0.05) is 13.6 Å². The van der Waals surface area contributed by atoms with E-state index in [2.05, 4.69) is 10.3 Å². The predicted octanol–water partition coefficient (Wildman–Crippen LogP) is 1.73. The largest absolute Gasteiger partial charge is 0.393 e. The fourth-order valence-corrected chi connectivity index (χ4v) is 2.12. The molecule has 0 aliphatic heterocycles. The van der Waals surface area contributed by atoms with Crippen LogP contribution in [0.5, 0.6) is 0 Å². The number of carbonyl (C=O) groups is 1. The van der Waals surface area contributed by atoms with E-state index in [0.29, 0.717) is 24.4 Å². The molecule has 1 atom stereocenters. The van der Waals surface area contributed by atoms with Crippen LogP contribution in [0.1, 0.15) is 35.1 Å². The average Bonchev–Trinajstić information content (AvgIpc) is 2.86. The van der Waals surface area contributed by atoms with Gasteiger partial charge in [-0.1, -0.05) is 22.9 Å². The summed E-state index contributed by atoms with van der Waals surface area (Å²) in [4.78, 5) is 14.0. The molecule has 1 aromatic heterocycles. The van der Waals surface area contributed by atoms with Gasteiger partial charge in [0.05, 0.1) is 17.5 Å². The van der Waals surface area contributed by atoms with Gasteiger partial charge in [-0.15, -0.1) is 5.10 Å². The van der Waals surface area contributed by atoms with Gasteiger partial charge in [0.15, 0.2) is 5.69 Å². The normalized spacial score (nSPS) is 12.2. The van der Waals surface area contributed by atoms with Crippen molar-refractivity contribution < 1.29 is 9.90 Å². The van der Waals surface area contributed by atoms with E-state index in [1.54, 1.807) is 23.6 Å². The van der Waals surface area contributed by atoms with Gasteiger partial charge in [-0.05, 0) is 39.3 Å². The van der Waals surface area contributed by atoms with Crippen LogP contribution in [0, 0.1) is 13.8 Å². The lowest BCUT2D eigenvalue weighted by molar-refractivity contribution is 0.0762. The molecule has 0 saturated heterocycles. The Labute approximate surface area is 130 Å². The van der Waals surface area contributed by atoms with Gasteiger partial charge in [-0.3, -0.25) is 4.79 Å². The quantitative estimate of drug-likeness (QED) is 0.913. The van der Waals surface area contributed by atoms with E-state index >= 15 is 0 Å². The molecule has 6 heteroatoms. The summed E-state index contributed by atoms with van der Waals surface area (Å²) in [6.45, 7) is 6.03. The number of hydrogen-bond acceptors (Lipinski definition) is 4. The monoisotopic (exact) mass is 302 g/mol. The third kappa shape index (κ3) is 3.51. The Hall–Kier alpha value is -2.21. The van der Waals surface area contributed by atoms with Crippen molar-refractivity contribution in [3.63, 3.8) is 0 Å². The van der Waals surface area contributed by atoms with Crippen LogP contribution < -0.4 is 0 Å². The predicted molar refractivity (Wildman–Crippen MR) is 84.1 cm³/mol. The Morgan fingerprint density at radius 1 is 1.32 bits per heavy atom. The summed E-state index contributed by atoms with van der Waals surface area (Å²) in [6.07, 6.45) is 0.104. The van der Waals surface area contributed by atoms with E-state index in [4.69, 9.17) is 0 Å². The number of amides is 1. The number of aryl methyl sites for hydroxylation is 1. The molecule has 1 heterocycles. The lowest BCUT2D eigenvalue weighted by Crippen LogP contribution is -2.30. The van der Waals surface area contributed by atoms with Crippen LogP contribution in [0.4, 0.5) is 0 Å². The Balaban J connectivity index is 2.20. The Kier molecular flexibility index (Phi) is 4.92. The van der Waals surface area contributed by atoms with Gasteiger partial charge >= 0.3 is 0 Å². The van der Waals surface area contributed by atoms with E-state index in [-0.39, 0.29) is 5.91 Å². The number of aliphatic hydroxyl groups is 1. The van der Waals surface area contributed by atoms with Gasteiger partial charge in [-0.2, -0.15) is 0 Å². The van der Waals surface area contributed by atoms with Gasteiger partial charge in [0.1, 0.15) is 0 Å². The summed E-state index contributed by atoms with van der Waals surface area (Å²) in [5, 5.41) is 17.4. The van der Waals surface area contributed by atoms with Crippen LogP contribution in [-0.2, 0) is 0 Å². The molecule has 118 valence electrons.